The molecule has 2 rings (SSSR count). The van der Waals surface area contributed by atoms with E-state index in [2.05, 4.69) is 41.5 Å². The largest absolute Gasteiger partial charge is 0.291 e. The van der Waals surface area contributed by atoms with E-state index in [1.54, 1.807) is 6.07 Å². The molecule has 0 bridgehead atoms. The molecule has 0 aliphatic rings. The van der Waals surface area contributed by atoms with Crippen molar-refractivity contribution >= 4 is 11.6 Å². The predicted octanol–water partition coefficient (Wildman–Crippen LogP) is 3.17. The van der Waals surface area contributed by atoms with Crippen molar-refractivity contribution in [2.75, 3.05) is 0 Å². The summed E-state index contributed by atoms with van der Waals surface area (Å²) in [6, 6.07) is 9.74. The van der Waals surface area contributed by atoms with Crippen molar-refractivity contribution in [3.8, 4) is 0 Å². The van der Waals surface area contributed by atoms with Gasteiger partial charge in [-0.1, -0.05) is 50.6 Å². The van der Waals surface area contributed by atoms with E-state index in [-0.39, 0.29) is 11.3 Å². The molecule has 0 saturated carbocycles. The molecule has 1 aromatic heterocycles. The number of rotatable bonds is 3. The molecule has 5 heteroatoms. The van der Waals surface area contributed by atoms with Crippen molar-refractivity contribution in [2.24, 2.45) is 5.10 Å². The van der Waals surface area contributed by atoms with Crippen LogP contribution in [0.25, 0.3) is 0 Å². The summed E-state index contributed by atoms with van der Waals surface area (Å²) in [5.74, 6) is -0.321. The normalized spacial score (nSPS) is 12.3. The number of hydrogen-bond donors (Lipinski definition) is 2. The average molecular weight is 298 g/mol. The lowest BCUT2D eigenvalue weighted by Gasteiger charge is -2.14. The first-order valence-corrected chi connectivity index (χ1v) is 7.25. The molecule has 0 radical (unpaired) electrons. The SMILES string of the molecule is C/C(=N/NC(=O)c1cc(C(C)(C)C)[nH]n1)c1ccc(C)cc1. The molecule has 1 heterocycles. The molecule has 0 fully saturated rings. The first-order valence-electron chi connectivity index (χ1n) is 7.25. The minimum Gasteiger partial charge on any atom is -0.281 e. The van der Waals surface area contributed by atoms with Gasteiger partial charge in [0.1, 0.15) is 0 Å². The first kappa shape index (κ1) is 15.9. The number of nitrogens with zero attached hydrogens (tertiary/aromatic N) is 2. The highest BCUT2D eigenvalue weighted by Gasteiger charge is 2.19. The van der Waals surface area contributed by atoms with Crippen LogP contribution < -0.4 is 5.43 Å². The molecule has 0 spiro atoms. The Morgan fingerprint density at radius 3 is 2.41 bits per heavy atom. The molecule has 1 aromatic carbocycles. The van der Waals surface area contributed by atoms with Crippen molar-refractivity contribution in [3.63, 3.8) is 0 Å². The standard InChI is InChI=1S/C17H22N4O/c1-11-6-8-13(9-7-11)12(2)18-21-16(22)14-10-15(20-19-14)17(3,4)5/h6-10H,1-5H3,(H,19,20)(H,21,22)/b18-12-. The Hall–Kier alpha value is -2.43. The molecule has 0 unspecified atom stereocenters. The van der Waals surface area contributed by atoms with Crippen LogP contribution in [0, 0.1) is 6.92 Å². The maximum atomic E-state index is 12.1. The number of aromatic nitrogens is 2. The lowest BCUT2D eigenvalue weighted by molar-refractivity contribution is 0.0950. The van der Waals surface area contributed by atoms with Gasteiger partial charge in [-0.2, -0.15) is 10.2 Å². The Morgan fingerprint density at radius 2 is 1.86 bits per heavy atom. The van der Waals surface area contributed by atoms with E-state index in [0.29, 0.717) is 5.69 Å². The van der Waals surface area contributed by atoms with E-state index in [1.807, 2.05) is 38.1 Å². The van der Waals surface area contributed by atoms with Gasteiger partial charge in [-0.25, -0.2) is 5.43 Å². The highest BCUT2D eigenvalue weighted by atomic mass is 16.2. The molecule has 2 aromatic rings. The topological polar surface area (TPSA) is 70.1 Å². The van der Waals surface area contributed by atoms with Crippen molar-refractivity contribution in [1.82, 2.24) is 15.6 Å². The molecule has 2 N–H and O–H groups in total. The average Bonchev–Trinajstić information content (AvgIpc) is 2.95. The van der Waals surface area contributed by atoms with Gasteiger partial charge in [0.05, 0.1) is 5.71 Å². The molecule has 0 saturated heterocycles. The summed E-state index contributed by atoms with van der Waals surface area (Å²) in [4.78, 5) is 12.1. The fourth-order valence-electron chi connectivity index (χ4n) is 1.87. The van der Waals surface area contributed by atoms with Crippen LogP contribution in [0.15, 0.2) is 35.4 Å². The summed E-state index contributed by atoms with van der Waals surface area (Å²) in [6.07, 6.45) is 0. The second-order valence-electron chi connectivity index (χ2n) is 6.42. The maximum absolute atomic E-state index is 12.1. The second kappa shape index (κ2) is 6.13. The minimum absolute atomic E-state index is 0.0768. The van der Waals surface area contributed by atoms with Crippen molar-refractivity contribution < 1.29 is 4.79 Å². The Kier molecular flexibility index (Phi) is 4.45. The van der Waals surface area contributed by atoms with Crippen LogP contribution in [0.3, 0.4) is 0 Å². The monoisotopic (exact) mass is 298 g/mol. The summed E-state index contributed by atoms with van der Waals surface area (Å²) >= 11 is 0. The number of H-pyrrole nitrogens is 1. The van der Waals surface area contributed by atoms with Gasteiger partial charge < -0.3 is 0 Å². The predicted molar refractivity (Wildman–Crippen MR) is 88.1 cm³/mol. The highest BCUT2D eigenvalue weighted by molar-refractivity contribution is 6.00. The van der Waals surface area contributed by atoms with Gasteiger partial charge in [0.15, 0.2) is 5.69 Å². The maximum Gasteiger partial charge on any atom is 0.291 e. The quantitative estimate of drug-likeness (QED) is 0.675. The molecule has 0 aliphatic heterocycles. The molecule has 22 heavy (non-hydrogen) atoms. The Labute approximate surface area is 130 Å². The number of nitrogens with one attached hydrogen (secondary N) is 2. The zero-order chi connectivity index (χ0) is 16.3. The summed E-state index contributed by atoms with van der Waals surface area (Å²) in [7, 11) is 0. The number of aryl methyl sites for hydroxylation is 1. The summed E-state index contributed by atoms with van der Waals surface area (Å²) < 4.78 is 0. The van der Waals surface area contributed by atoms with Crippen LogP contribution in [0.2, 0.25) is 0 Å². The van der Waals surface area contributed by atoms with Crippen LogP contribution in [-0.2, 0) is 5.41 Å². The van der Waals surface area contributed by atoms with Gasteiger partial charge in [-0.3, -0.25) is 9.89 Å². The number of benzene rings is 1. The van der Waals surface area contributed by atoms with Gasteiger partial charge in [-0.15, -0.1) is 0 Å². The van der Waals surface area contributed by atoms with Crippen LogP contribution in [-0.4, -0.2) is 21.8 Å². The van der Waals surface area contributed by atoms with E-state index in [0.717, 1.165) is 17.0 Å². The molecule has 5 nitrogen and oxygen atoms in total. The van der Waals surface area contributed by atoms with Crippen LogP contribution in [0.5, 0.6) is 0 Å². The number of carbonyl (C=O) groups excluding carboxylic acids is 1. The minimum atomic E-state index is -0.321. The van der Waals surface area contributed by atoms with Crippen LogP contribution in [0.4, 0.5) is 0 Å². The van der Waals surface area contributed by atoms with Gasteiger partial charge >= 0.3 is 0 Å². The van der Waals surface area contributed by atoms with Gasteiger partial charge in [0, 0.05) is 11.1 Å². The fourth-order valence-corrected chi connectivity index (χ4v) is 1.87. The van der Waals surface area contributed by atoms with E-state index in [1.165, 1.54) is 5.56 Å². The fraction of sp³-hybridized carbons (Fsp3) is 0.353. The molecular formula is C17H22N4O. The van der Waals surface area contributed by atoms with Crippen molar-refractivity contribution in [1.29, 1.82) is 0 Å². The molecule has 1 amide bonds. The Balaban J connectivity index is 2.07. The van der Waals surface area contributed by atoms with Gasteiger partial charge in [0.2, 0.25) is 0 Å². The number of aromatic amines is 1. The highest BCUT2D eigenvalue weighted by Crippen LogP contribution is 2.20. The van der Waals surface area contributed by atoms with E-state index in [9.17, 15) is 4.79 Å². The number of amides is 1. The smallest absolute Gasteiger partial charge is 0.281 e. The van der Waals surface area contributed by atoms with Crippen molar-refractivity contribution in [2.45, 2.75) is 40.0 Å². The Morgan fingerprint density at radius 1 is 1.23 bits per heavy atom. The van der Waals surface area contributed by atoms with Gasteiger partial charge in [0.25, 0.3) is 5.91 Å². The van der Waals surface area contributed by atoms with E-state index >= 15 is 0 Å². The van der Waals surface area contributed by atoms with E-state index in [4.69, 9.17) is 0 Å². The summed E-state index contributed by atoms with van der Waals surface area (Å²) in [5.41, 5.74) is 6.63. The molecule has 116 valence electrons. The Bertz CT molecular complexity index is 690. The van der Waals surface area contributed by atoms with Gasteiger partial charge in [-0.05, 0) is 25.5 Å². The third-order valence-corrected chi connectivity index (χ3v) is 3.41. The summed E-state index contributed by atoms with van der Waals surface area (Å²) in [5, 5.41) is 11.1. The molecular weight excluding hydrogens is 276 g/mol. The third kappa shape index (κ3) is 3.81. The zero-order valence-electron chi connectivity index (χ0n) is 13.7. The molecule has 0 aliphatic carbocycles. The zero-order valence-corrected chi connectivity index (χ0v) is 13.7. The number of hydrogen-bond acceptors (Lipinski definition) is 3. The van der Waals surface area contributed by atoms with Crippen LogP contribution >= 0.6 is 0 Å². The summed E-state index contributed by atoms with van der Waals surface area (Å²) in [6.45, 7) is 10.1. The first-order chi connectivity index (χ1) is 10.3. The molecule has 0 atom stereocenters. The lowest BCUT2D eigenvalue weighted by atomic mass is 9.92. The lowest BCUT2D eigenvalue weighted by Crippen LogP contribution is -2.19. The number of carbonyl (C=O) groups is 1. The second-order valence-corrected chi connectivity index (χ2v) is 6.42. The third-order valence-electron chi connectivity index (χ3n) is 3.41. The van der Waals surface area contributed by atoms with Crippen molar-refractivity contribution in [3.05, 3.63) is 52.8 Å². The van der Waals surface area contributed by atoms with Crippen LogP contribution in [0.1, 0.15) is 55.0 Å². The number of hydrazone groups is 1. The van der Waals surface area contributed by atoms with E-state index < -0.39 is 0 Å².